The van der Waals surface area contributed by atoms with Crippen LogP contribution < -0.4 is 10.1 Å². The van der Waals surface area contributed by atoms with Crippen LogP contribution in [0.2, 0.25) is 0 Å². The van der Waals surface area contributed by atoms with E-state index in [-0.39, 0.29) is 5.88 Å². The van der Waals surface area contributed by atoms with Crippen molar-refractivity contribution in [3.05, 3.63) is 23.6 Å². The van der Waals surface area contributed by atoms with Gasteiger partial charge in [-0.1, -0.05) is 0 Å². The van der Waals surface area contributed by atoms with Crippen LogP contribution in [0.15, 0.2) is 12.3 Å². The molecule has 92 valence electrons. The van der Waals surface area contributed by atoms with Crippen molar-refractivity contribution in [2.75, 3.05) is 14.2 Å². The van der Waals surface area contributed by atoms with Gasteiger partial charge in [0.15, 0.2) is 0 Å². The molecular weight excluding hydrogens is 227 g/mol. The Balaban J connectivity index is 2.32. The average molecular weight is 240 g/mol. The molecule has 0 radical (unpaired) electrons. The van der Waals surface area contributed by atoms with Crippen molar-refractivity contribution in [2.45, 2.75) is 18.4 Å². The van der Waals surface area contributed by atoms with Gasteiger partial charge in [0.05, 0.1) is 18.9 Å². The molecule has 6 heteroatoms. The van der Waals surface area contributed by atoms with Gasteiger partial charge in [-0.3, -0.25) is 0 Å². The van der Waals surface area contributed by atoms with Crippen LogP contribution in [0.3, 0.4) is 0 Å². The molecule has 1 amide bonds. The van der Waals surface area contributed by atoms with E-state index in [0.29, 0.717) is 18.4 Å². The Morgan fingerprint density at radius 2 is 2.29 bits per heavy atom. The molecule has 1 fully saturated rings. The van der Waals surface area contributed by atoms with Gasteiger partial charge in [-0.2, -0.15) is 0 Å². The lowest BCUT2D eigenvalue weighted by Crippen LogP contribution is -2.26. The van der Waals surface area contributed by atoms with Crippen LogP contribution in [-0.4, -0.2) is 25.2 Å². The second kappa shape index (κ2) is 4.20. The van der Waals surface area contributed by atoms with E-state index >= 15 is 0 Å². The zero-order chi connectivity index (χ0) is 12.5. The summed E-state index contributed by atoms with van der Waals surface area (Å²) in [6.45, 7) is 0. The SMILES string of the molecule is CNC(=O)OC1(c2cc(F)cnc2OC)CC1. The molecule has 1 heterocycles. The molecule has 1 saturated carbocycles. The Labute approximate surface area is 97.9 Å². The predicted octanol–water partition coefficient (Wildman–Crippen LogP) is 1.57. The highest BCUT2D eigenvalue weighted by Crippen LogP contribution is 2.51. The number of hydrogen-bond donors (Lipinski definition) is 1. The van der Waals surface area contributed by atoms with Crippen molar-refractivity contribution < 1.29 is 18.7 Å². The minimum absolute atomic E-state index is 0.285. The number of nitrogens with zero attached hydrogens (tertiary/aromatic N) is 1. The van der Waals surface area contributed by atoms with Crippen LogP contribution in [0.25, 0.3) is 0 Å². The standard InChI is InChI=1S/C11H13FN2O3/c1-13-10(15)17-11(3-4-11)8-5-7(12)6-14-9(8)16-2/h5-6H,3-4H2,1-2H3,(H,13,15). The number of nitrogens with one attached hydrogen (secondary N) is 1. The maximum absolute atomic E-state index is 13.2. The van der Waals surface area contributed by atoms with E-state index in [9.17, 15) is 9.18 Å². The molecule has 0 bridgehead atoms. The Hall–Kier alpha value is -1.85. The minimum atomic E-state index is -0.791. The van der Waals surface area contributed by atoms with Gasteiger partial charge in [0, 0.05) is 7.05 Å². The smallest absolute Gasteiger partial charge is 0.407 e. The summed E-state index contributed by atoms with van der Waals surface area (Å²) in [5.41, 5.74) is -0.316. The van der Waals surface area contributed by atoms with Gasteiger partial charge in [-0.15, -0.1) is 0 Å². The molecule has 5 nitrogen and oxygen atoms in total. The Morgan fingerprint density at radius 1 is 1.59 bits per heavy atom. The zero-order valence-electron chi connectivity index (χ0n) is 9.62. The van der Waals surface area contributed by atoms with E-state index in [4.69, 9.17) is 9.47 Å². The van der Waals surface area contributed by atoms with Crippen molar-refractivity contribution in [1.29, 1.82) is 0 Å². The van der Waals surface area contributed by atoms with E-state index in [1.165, 1.54) is 20.2 Å². The lowest BCUT2D eigenvalue weighted by atomic mass is 10.1. The Kier molecular flexibility index (Phi) is 2.87. The number of carbonyl (C=O) groups excluding carboxylic acids is 1. The molecule has 0 aromatic carbocycles. The first-order valence-electron chi connectivity index (χ1n) is 5.22. The fourth-order valence-corrected chi connectivity index (χ4v) is 1.68. The number of ether oxygens (including phenoxy) is 2. The van der Waals surface area contributed by atoms with Gasteiger partial charge >= 0.3 is 6.09 Å². The molecule has 1 aliphatic carbocycles. The zero-order valence-corrected chi connectivity index (χ0v) is 9.62. The highest BCUT2D eigenvalue weighted by molar-refractivity contribution is 5.68. The lowest BCUT2D eigenvalue weighted by molar-refractivity contribution is 0.0808. The van der Waals surface area contributed by atoms with Gasteiger partial charge in [0.2, 0.25) is 5.88 Å². The Morgan fingerprint density at radius 3 is 2.82 bits per heavy atom. The second-order valence-corrected chi connectivity index (χ2v) is 3.84. The number of hydrogen-bond acceptors (Lipinski definition) is 4. The maximum atomic E-state index is 13.2. The van der Waals surface area contributed by atoms with Crippen molar-refractivity contribution in [1.82, 2.24) is 10.3 Å². The van der Waals surface area contributed by atoms with Crippen LogP contribution in [0, 0.1) is 5.82 Å². The van der Waals surface area contributed by atoms with Gasteiger partial charge in [0.1, 0.15) is 11.4 Å². The lowest BCUT2D eigenvalue weighted by Gasteiger charge is -2.18. The molecule has 0 saturated heterocycles. The summed E-state index contributed by atoms with van der Waals surface area (Å²) in [4.78, 5) is 15.1. The third kappa shape index (κ3) is 2.15. The summed E-state index contributed by atoms with van der Waals surface area (Å²) in [5.74, 6) is -0.194. The van der Waals surface area contributed by atoms with Crippen molar-refractivity contribution in [2.24, 2.45) is 0 Å². The number of methoxy groups -OCH3 is 1. The van der Waals surface area contributed by atoms with Crippen molar-refractivity contribution in [3.63, 3.8) is 0 Å². The third-order valence-electron chi connectivity index (χ3n) is 2.70. The largest absolute Gasteiger partial charge is 0.481 e. The Bertz CT molecular complexity index is 446. The van der Waals surface area contributed by atoms with Crippen LogP contribution in [-0.2, 0) is 10.3 Å². The predicted molar refractivity (Wildman–Crippen MR) is 57.2 cm³/mol. The number of aromatic nitrogens is 1. The fraction of sp³-hybridized carbons (Fsp3) is 0.455. The molecule has 0 aliphatic heterocycles. The topological polar surface area (TPSA) is 60.5 Å². The first-order chi connectivity index (χ1) is 8.11. The molecule has 1 aromatic rings. The number of alkyl carbamates (subject to hydrolysis) is 1. The van der Waals surface area contributed by atoms with Crippen molar-refractivity contribution >= 4 is 6.09 Å². The summed E-state index contributed by atoms with van der Waals surface area (Å²) < 4.78 is 23.5. The van der Waals surface area contributed by atoms with Gasteiger partial charge in [-0.25, -0.2) is 14.2 Å². The highest BCUT2D eigenvalue weighted by Gasteiger charge is 2.51. The number of pyridine rings is 1. The highest BCUT2D eigenvalue weighted by atomic mass is 19.1. The molecule has 0 spiro atoms. The van der Waals surface area contributed by atoms with Gasteiger partial charge < -0.3 is 14.8 Å². The van der Waals surface area contributed by atoms with E-state index in [1.54, 1.807) is 0 Å². The summed E-state index contributed by atoms with van der Waals surface area (Å²) in [6.07, 6.45) is 1.80. The number of carbonyl (C=O) groups is 1. The maximum Gasteiger partial charge on any atom is 0.407 e. The van der Waals surface area contributed by atoms with Crippen LogP contribution >= 0.6 is 0 Å². The molecule has 2 rings (SSSR count). The van der Waals surface area contributed by atoms with E-state index in [2.05, 4.69) is 10.3 Å². The van der Waals surface area contributed by atoms with E-state index < -0.39 is 17.5 Å². The minimum Gasteiger partial charge on any atom is -0.481 e. The normalized spacial score (nSPS) is 16.2. The average Bonchev–Trinajstić information content (AvgIpc) is 3.10. The molecular formula is C11H13FN2O3. The van der Waals surface area contributed by atoms with E-state index in [0.717, 1.165) is 6.20 Å². The molecule has 1 aliphatic rings. The third-order valence-corrected chi connectivity index (χ3v) is 2.70. The van der Waals surface area contributed by atoms with Gasteiger partial charge in [-0.05, 0) is 18.9 Å². The van der Waals surface area contributed by atoms with Crippen LogP contribution in [0.1, 0.15) is 18.4 Å². The summed E-state index contributed by atoms with van der Waals surface area (Å²) >= 11 is 0. The van der Waals surface area contributed by atoms with Gasteiger partial charge in [0.25, 0.3) is 0 Å². The summed E-state index contributed by atoms with van der Waals surface area (Å²) in [7, 11) is 2.92. The van der Waals surface area contributed by atoms with E-state index in [1.807, 2.05) is 0 Å². The monoisotopic (exact) mass is 240 g/mol. The molecule has 1 aromatic heterocycles. The molecule has 17 heavy (non-hydrogen) atoms. The quantitative estimate of drug-likeness (QED) is 0.871. The molecule has 0 atom stereocenters. The fourth-order valence-electron chi connectivity index (χ4n) is 1.68. The molecule has 0 unspecified atom stereocenters. The molecule has 1 N–H and O–H groups in total. The number of halogens is 1. The second-order valence-electron chi connectivity index (χ2n) is 3.84. The summed E-state index contributed by atoms with van der Waals surface area (Å²) in [6, 6.07) is 1.29. The number of amides is 1. The van der Waals surface area contributed by atoms with Crippen molar-refractivity contribution in [3.8, 4) is 5.88 Å². The van der Waals surface area contributed by atoms with Crippen LogP contribution in [0.4, 0.5) is 9.18 Å². The first-order valence-corrected chi connectivity index (χ1v) is 5.22. The first kappa shape index (κ1) is 11.6. The summed E-state index contributed by atoms with van der Waals surface area (Å²) in [5, 5.41) is 2.37. The number of rotatable bonds is 3. The van der Waals surface area contributed by atoms with Crippen LogP contribution in [0.5, 0.6) is 5.88 Å².